The van der Waals surface area contributed by atoms with Gasteiger partial charge in [-0.2, -0.15) is 0 Å². The summed E-state index contributed by atoms with van der Waals surface area (Å²) in [5.74, 6) is 0.661. The molecule has 2 N–H and O–H groups in total. The van der Waals surface area contributed by atoms with Crippen LogP contribution in [0, 0.1) is 6.92 Å². The van der Waals surface area contributed by atoms with Gasteiger partial charge in [0, 0.05) is 23.5 Å². The maximum absolute atomic E-state index is 12.4. The van der Waals surface area contributed by atoms with Crippen LogP contribution in [0.5, 0.6) is 0 Å². The Morgan fingerprint density at radius 3 is 2.90 bits per heavy atom. The number of hydrogen-bond acceptors (Lipinski definition) is 6. The molecule has 0 atom stereocenters. The first-order chi connectivity index (χ1) is 10.0. The molecule has 3 rings (SSSR count). The average Bonchev–Trinajstić information content (AvgIpc) is 2.97. The third-order valence-corrected chi connectivity index (χ3v) is 5.78. The standard InChI is InChI=1S/C13H17N3O3S2/c1-9-6-11(16-19-9)7-15-21(17,18)13-4-5-20-12(13)8-14-10-2-3-10/h4-6,10,14-15H,2-3,7-8H2,1H3. The second-order valence-electron chi connectivity index (χ2n) is 5.12. The van der Waals surface area contributed by atoms with Crippen molar-refractivity contribution in [3.8, 4) is 0 Å². The zero-order valence-corrected chi connectivity index (χ0v) is 13.3. The third kappa shape index (κ3) is 3.70. The van der Waals surface area contributed by atoms with E-state index >= 15 is 0 Å². The highest BCUT2D eigenvalue weighted by molar-refractivity contribution is 7.89. The predicted molar refractivity (Wildman–Crippen MR) is 79.4 cm³/mol. The second-order valence-corrected chi connectivity index (χ2v) is 7.85. The minimum Gasteiger partial charge on any atom is -0.361 e. The highest BCUT2D eigenvalue weighted by atomic mass is 32.2. The van der Waals surface area contributed by atoms with Gasteiger partial charge in [0.05, 0.1) is 17.1 Å². The molecule has 1 fully saturated rings. The smallest absolute Gasteiger partial charge is 0.242 e. The van der Waals surface area contributed by atoms with Gasteiger partial charge in [-0.25, -0.2) is 13.1 Å². The monoisotopic (exact) mass is 327 g/mol. The number of sulfonamides is 1. The van der Waals surface area contributed by atoms with Crippen LogP contribution >= 0.6 is 11.3 Å². The summed E-state index contributed by atoms with van der Waals surface area (Å²) in [6.45, 7) is 2.50. The Kier molecular flexibility index (Phi) is 4.12. The molecule has 0 saturated heterocycles. The van der Waals surface area contributed by atoms with Gasteiger partial charge < -0.3 is 9.84 Å². The van der Waals surface area contributed by atoms with Crippen LogP contribution < -0.4 is 10.0 Å². The van der Waals surface area contributed by atoms with E-state index in [1.165, 1.54) is 24.2 Å². The van der Waals surface area contributed by atoms with Crippen molar-refractivity contribution in [2.45, 2.75) is 43.8 Å². The molecule has 114 valence electrons. The van der Waals surface area contributed by atoms with Gasteiger partial charge in [0.25, 0.3) is 0 Å². The van der Waals surface area contributed by atoms with Crippen molar-refractivity contribution in [2.75, 3.05) is 0 Å². The molecule has 0 radical (unpaired) electrons. The van der Waals surface area contributed by atoms with Crippen LogP contribution in [-0.4, -0.2) is 19.6 Å². The summed E-state index contributed by atoms with van der Waals surface area (Å²) < 4.78 is 32.2. The van der Waals surface area contributed by atoms with Crippen LogP contribution in [0.1, 0.15) is 29.2 Å². The van der Waals surface area contributed by atoms with Crippen molar-refractivity contribution in [1.29, 1.82) is 0 Å². The first-order valence-corrected chi connectivity index (χ1v) is 9.12. The third-order valence-electron chi connectivity index (χ3n) is 3.24. The van der Waals surface area contributed by atoms with E-state index in [1.54, 1.807) is 24.4 Å². The normalized spacial score (nSPS) is 15.5. The van der Waals surface area contributed by atoms with Crippen LogP contribution in [0.3, 0.4) is 0 Å². The maximum Gasteiger partial charge on any atom is 0.242 e. The molecule has 2 aromatic rings. The minimum absolute atomic E-state index is 0.130. The molecule has 0 bridgehead atoms. The Labute approximate surface area is 127 Å². The fourth-order valence-corrected chi connectivity index (χ4v) is 4.36. The Bertz CT molecular complexity index is 717. The van der Waals surface area contributed by atoms with Gasteiger partial charge >= 0.3 is 0 Å². The lowest BCUT2D eigenvalue weighted by Crippen LogP contribution is -2.25. The zero-order chi connectivity index (χ0) is 14.9. The van der Waals surface area contributed by atoms with Crippen molar-refractivity contribution in [1.82, 2.24) is 15.2 Å². The molecule has 0 unspecified atom stereocenters. The lowest BCUT2D eigenvalue weighted by atomic mass is 10.4. The van der Waals surface area contributed by atoms with Gasteiger partial charge in [-0.15, -0.1) is 11.3 Å². The van der Waals surface area contributed by atoms with Crippen molar-refractivity contribution >= 4 is 21.4 Å². The average molecular weight is 327 g/mol. The van der Waals surface area contributed by atoms with Crippen molar-refractivity contribution in [3.63, 3.8) is 0 Å². The number of nitrogens with zero attached hydrogens (tertiary/aromatic N) is 1. The topological polar surface area (TPSA) is 84.2 Å². The highest BCUT2D eigenvalue weighted by Gasteiger charge is 2.24. The summed E-state index contributed by atoms with van der Waals surface area (Å²) in [6, 6.07) is 3.91. The largest absolute Gasteiger partial charge is 0.361 e. The quantitative estimate of drug-likeness (QED) is 0.810. The SMILES string of the molecule is Cc1cc(CNS(=O)(=O)c2ccsc2CNC2CC2)no1. The fraction of sp³-hybridized carbons (Fsp3) is 0.462. The van der Waals surface area contributed by atoms with E-state index in [0.717, 1.165) is 4.88 Å². The molecule has 0 aliphatic heterocycles. The van der Waals surface area contributed by atoms with E-state index < -0.39 is 10.0 Å². The van der Waals surface area contributed by atoms with Crippen molar-refractivity contribution in [3.05, 3.63) is 33.8 Å². The number of aromatic nitrogens is 1. The van der Waals surface area contributed by atoms with E-state index in [-0.39, 0.29) is 6.54 Å². The summed E-state index contributed by atoms with van der Waals surface area (Å²) in [4.78, 5) is 1.19. The zero-order valence-electron chi connectivity index (χ0n) is 11.6. The molecule has 2 heterocycles. The summed E-state index contributed by atoms with van der Waals surface area (Å²) in [5.41, 5.74) is 0.573. The lowest BCUT2D eigenvalue weighted by molar-refractivity contribution is 0.390. The first-order valence-electron chi connectivity index (χ1n) is 6.76. The van der Waals surface area contributed by atoms with Gasteiger partial charge in [-0.1, -0.05) is 5.16 Å². The number of nitrogens with one attached hydrogen (secondary N) is 2. The molecule has 1 aliphatic carbocycles. The Hall–Kier alpha value is -1.22. The molecular weight excluding hydrogens is 310 g/mol. The van der Waals surface area contributed by atoms with Crippen LogP contribution in [0.25, 0.3) is 0 Å². The number of aryl methyl sites for hydroxylation is 1. The molecule has 0 amide bonds. The lowest BCUT2D eigenvalue weighted by Gasteiger charge is -2.07. The Morgan fingerprint density at radius 2 is 2.24 bits per heavy atom. The molecule has 0 aromatic carbocycles. The molecule has 1 aliphatic rings. The second kappa shape index (κ2) is 5.88. The predicted octanol–water partition coefficient (Wildman–Crippen LogP) is 1.78. The van der Waals surface area contributed by atoms with Crippen LogP contribution in [-0.2, 0) is 23.1 Å². The molecule has 6 nitrogen and oxygen atoms in total. The van der Waals surface area contributed by atoms with Gasteiger partial charge in [0.15, 0.2) is 0 Å². The summed E-state index contributed by atoms with van der Waals surface area (Å²) in [6.07, 6.45) is 2.36. The number of rotatable bonds is 7. The van der Waals surface area contributed by atoms with Gasteiger partial charge in [0.2, 0.25) is 10.0 Å². The van der Waals surface area contributed by atoms with E-state index in [2.05, 4.69) is 15.2 Å². The van der Waals surface area contributed by atoms with Crippen LogP contribution in [0.2, 0.25) is 0 Å². The maximum atomic E-state index is 12.4. The van der Waals surface area contributed by atoms with E-state index in [9.17, 15) is 8.42 Å². The number of thiophene rings is 1. The molecule has 8 heteroatoms. The number of hydrogen-bond donors (Lipinski definition) is 2. The molecule has 21 heavy (non-hydrogen) atoms. The Balaban J connectivity index is 1.67. The van der Waals surface area contributed by atoms with E-state index in [4.69, 9.17) is 4.52 Å². The molecule has 0 spiro atoms. The van der Waals surface area contributed by atoms with Crippen LogP contribution in [0.4, 0.5) is 0 Å². The summed E-state index contributed by atoms with van der Waals surface area (Å²) in [7, 11) is -3.53. The summed E-state index contributed by atoms with van der Waals surface area (Å²) >= 11 is 1.46. The van der Waals surface area contributed by atoms with Gasteiger partial charge in [0.1, 0.15) is 5.76 Å². The summed E-state index contributed by atoms with van der Waals surface area (Å²) in [5, 5.41) is 8.92. The fourth-order valence-electron chi connectivity index (χ4n) is 1.97. The minimum atomic E-state index is -3.53. The van der Waals surface area contributed by atoms with Crippen LogP contribution in [0.15, 0.2) is 26.9 Å². The highest BCUT2D eigenvalue weighted by Crippen LogP contribution is 2.25. The molecular formula is C13H17N3O3S2. The Morgan fingerprint density at radius 1 is 1.43 bits per heavy atom. The van der Waals surface area contributed by atoms with Gasteiger partial charge in [-0.05, 0) is 31.2 Å². The molecule has 2 aromatic heterocycles. The molecule has 1 saturated carbocycles. The first kappa shape index (κ1) is 14.7. The van der Waals surface area contributed by atoms with Crippen molar-refractivity contribution < 1.29 is 12.9 Å². The van der Waals surface area contributed by atoms with E-state index in [1.807, 2.05) is 0 Å². The van der Waals surface area contributed by atoms with Gasteiger partial charge in [-0.3, -0.25) is 0 Å². The van der Waals surface area contributed by atoms with E-state index in [0.29, 0.717) is 28.9 Å². The van der Waals surface area contributed by atoms with Crippen molar-refractivity contribution in [2.24, 2.45) is 0 Å².